The molecule has 0 heterocycles. The van der Waals surface area contributed by atoms with Gasteiger partial charge in [0.2, 0.25) is 0 Å². The Hall–Kier alpha value is -0.550. The number of hydrogen-bond acceptors (Lipinski definition) is 4. The van der Waals surface area contributed by atoms with E-state index < -0.39 is 15.3 Å². The summed E-state index contributed by atoms with van der Waals surface area (Å²) in [6, 6.07) is 0. The monoisotopic (exact) mass is 170 g/mol. The van der Waals surface area contributed by atoms with Crippen LogP contribution in [0.2, 0.25) is 0 Å². The molecule has 0 amide bonds. The standard InChI is InChI=1S/C3H3ClO4S/c1-2-3(5)8-9(4,6)7/h2H,1H2. The van der Waals surface area contributed by atoms with Gasteiger partial charge in [-0.1, -0.05) is 6.58 Å². The van der Waals surface area contributed by atoms with Crippen molar-refractivity contribution >= 4 is 26.0 Å². The number of halogens is 1. The fourth-order valence-corrected chi connectivity index (χ4v) is 0.583. The van der Waals surface area contributed by atoms with Crippen molar-refractivity contribution in [2.24, 2.45) is 0 Å². The van der Waals surface area contributed by atoms with Crippen LogP contribution in [-0.2, 0) is 18.3 Å². The SMILES string of the molecule is C=CC(=O)OS(=O)(=O)Cl. The van der Waals surface area contributed by atoms with Gasteiger partial charge >= 0.3 is 15.3 Å². The molecule has 4 nitrogen and oxygen atoms in total. The normalized spacial score (nSPS) is 10.3. The predicted molar refractivity (Wildman–Crippen MR) is 31.1 cm³/mol. The van der Waals surface area contributed by atoms with E-state index >= 15 is 0 Å². The quantitative estimate of drug-likeness (QED) is 0.439. The molecule has 0 aromatic rings. The number of carbonyl (C=O) groups is 1. The highest BCUT2D eigenvalue weighted by Gasteiger charge is 2.08. The van der Waals surface area contributed by atoms with Gasteiger partial charge in [-0.15, -0.1) is 0 Å². The number of carbonyl (C=O) groups excluding carboxylic acids is 1. The van der Waals surface area contributed by atoms with Crippen LogP contribution >= 0.6 is 10.7 Å². The first-order chi connectivity index (χ1) is 3.95. The van der Waals surface area contributed by atoms with Crippen molar-refractivity contribution in [3.05, 3.63) is 12.7 Å². The first kappa shape index (κ1) is 8.45. The van der Waals surface area contributed by atoms with E-state index in [0.29, 0.717) is 6.08 Å². The molecule has 0 N–H and O–H groups in total. The van der Waals surface area contributed by atoms with Crippen LogP contribution < -0.4 is 0 Å². The second-order valence-corrected chi connectivity index (χ2v) is 3.09. The van der Waals surface area contributed by atoms with E-state index in [-0.39, 0.29) is 0 Å². The van der Waals surface area contributed by atoms with Crippen LogP contribution in [0.15, 0.2) is 12.7 Å². The van der Waals surface area contributed by atoms with E-state index in [1.165, 1.54) is 0 Å². The molecule has 0 radical (unpaired) electrons. The largest absolute Gasteiger partial charge is 0.403 e. The van der Waals surface area contributed by atoms with Gasteiger partial charge in [-0.2, -0.15) is 8.42 Å². The Morgan fingerprint density at radius 1 is 1.67 bits per heavy atom. The first-order valence-corrected chi connectivity index (χ1v) is 3.99. The zero-order valence-corrected chi connectivity index (χ0v) is 5.78. The predicted octanol–water partition coefficient (Wildman–Crippen LogP) is 0.199. The number of rotatable bonds is 2. The lowest BCUT2D eigenvalue weighted by atomic mass is 10.7. The molecule has 0 saturated carbocycles. The molecule has 0 aromatic carbocycles. The fourth-order valence-electron chi connectivity index (χ4n) is 0.132. The van der Waals surface area contributed by atoms with E-state index in [4.69, 9.17) is 0 Å². The van der Waals surface area contributed by atoms with Crippen molar-refractivity contribution in [3.8, 4) is 0 Å². The zero-order valence-electron chi connectivity index (χ0n) is 4.20. The van der Waals surface area contributed by atoms with Gasteiger partial charge in [0.1, 0.15) is 0 Å². The van der Waals surface area contributed by atoms with Gasteiger partial charge in [-0.25, -0.2) is 4.79 Å². The summed E-state index contributed by atoms with van der Waals surface area (Å²) >= 11 is 0. The minimum absolute atomic E-state index is 0.694. The summed E-state index contributed by atoms with van der Waals surface area (Å²) in [7, 11) is 0.304. The van der Waals surface area contributed by atoms with Crippen LogP contribution in [-0.4, -0.2) is 14.4 Å². The van der Waals surface area contributed by atoms with Crippen LogP contribution in [0.5, 0.6) is 0 Å². The van der Waals surface area contributed by atoms with Crippen LogP contribution in [0.25, 0.3) is 0 Å². The summed E-state index contributed by atoms with van der Waals surface area (Å²) in [5, 5.41) is 0. The third kappa shape index (κ3) is 5.32. The summed E-state index contributed by atoms with van der Waals surface area (Å²) in [6.45, 7) is 2.95. The van der Waals surface area contributed by atoms with Crippen molar-refractivity contribution in [1.29, 1.82) is 0 Å². The Kier molecular flexibility index (Phi) is 2.66. The molecule has 0 atom stereocenters. The van der Waals surface area contributed by atoms with Crippen LogP contribution in [0.1, 0.15) is 0 Å². The molecular formula is C3H3ClO4S. The Bertz CT molecular complexity index is 216. The van der Waals surface area contributed by atoms with Crippen molar-refractivity contribution < 1.29 is 17.4 Å². The summed E-state index contributed by atoms with van der Waals surface area (Å²) in [4.78, 5) is 10.0. The summed E-state index contributed by atoms with van der Waals surface area (Å²) in [6.07, 6.45) is 0.694. The molecular weight excluding hydrogens is 168 g/mol. The fraction of sp³-hybridized carbons (Fsp3) is 0. The Balaban J connectivity index is 4.06. The maximum absolute atomic E-state index is 10.0. The summed E-state index contributed by atoms with van der Waals surface area (Å²) in [5.41, 5.74) is 0. The van der Waals surface area contributed by atoms with Crippen molar-refractivity contribution in [2.75, 3.05) is 0 Å². The molecule has 52 valence electrons. The van der Waals surface area contributed by atoms with Gasteiger partial charge in [0.05, 0.1) is 10.7 Å². The molecule has 0 rings (SSSR count). The lowest BCUT2D eigenvalue weighted by Crippen LogP contribution is -2.03. The van der Waals surface area contributed by atoms with Crippen molar-refractivity contribution in [1.82, 2.24) is 0 Å². The highest BCUT2D eigenvalue weighted by molar-refractivity contribution is 8.10. The average Bonchev–Trinajstić information content (AvgIpc) is 1.62. The van der Waals surface area contributed by atoms with Crippen LogP contribution in [0.3, 0.4) is 0 Å². The second kappa shape index (κ2) is 2.84. The lowest BCUT2D eigenvalue weighted by molar-refractivity contribution is -0.128. The molecule has 0 saturated heterocycles. The van der Waals surface area contributed by atoms with E-state index in [0.717, 1.165) is 0 Å². The van der Waals surface area contributed by atoms with Gasteiger partial charge in [0.15, 0.2) is 0 Å². The second-order valence-electron chi connectivity index (χ2n) is 1.000. The minimum atomic E-state index is -4.18. The van der Waals surface area contributed by atoms with Gasteiger partial charge in [0, 0.05) is 6.08 Å². The third-order valence-electron chi connectivity index (χ3n) is 0.348. The van der Waals surface area contributed by atoms with E-state index in [9.17, 15) is 13.2 Å². The maximum Gasteiger partial charge on any atom is 0.403 e. The van der Waals surface area contributed by atoms with Gasteiger partial charge in [-0.3, -0.25) is 0 Å². The average molecular weight is 171 g/mol. The first-order valence-electron chi connectivity index (χ1n) is 1.76. The highest BCUT2D eigenvalue weighted by atomic mass is 35.7. The smallest absolute Gasteiger partial charge is 0.330 e. The molecule has 0 fully saturated rings. The van der Waals surface area contributed by atoms with Crippen molar-refractivity contribution in [2.45, 2.75) is 0 Å². The van der Waals surface area contributed by atoms with E-state index in [2.05, 4.69) is 21.4 Å². The van der Waals surface area contributed by atoms with Gasteiger partial charge < -0.3 is 4.18 Å². The van der Waals surface area contributed by atoms with E-state index in [1.807, 2.05) is 0 Å². The Labute approximate surface area is 56.7 Å². The molecule has 6 heteroatoms. The molecule has 9 heavy (non-hydrogen) atoms. The molecule has 0 unspecified atom stereocenters. The van der Waals surface area contributed by atoms with Crippen LogP contribution in [0, 0.1) is 0 Å². The molecule has 0 aliphatic rings. The Morgan fingerprint density at radius 3 is 2.22 bits per heavy atom. The van der Waals surface area contributed by atoms with Gasteiger partial charge in [-0.05, 0) is 0 Å². The summed E-state index contributed by atoms with van der Waals surface area (Å²) < 4.78 is 23.3. The summed E-state index contributed by atoms with van der Waals surface area (Å²) in [5.74, 6) is -1.09. The minimum Gasteiger partial charge on any atom is -0.330 e. The lowest BCUT2D eigenvalue weighted by Gasteiger charge is -1.90. The number of hydrogen-bond donors (Lipinski definition) is 0. The third-order valence-corrected chi connectivity index (χ3v) is 0.901. The molecule has 0 aliphatic heterocycles. The molecule has 0 bridgehead atoms. The Morgan fingerprint density at radius 2 is 2.11 bits per heavy atom. The van der Waals surface area contributed by atoms with E-state index in [1.54, 1.807) is 0 Å². The molecule has 0 aliphatic carbocycles. The molecule has 0 aromatic heterocycles. The maximum atomic E-state index is 10.0. The van der Waals surface area contributed by atoms with Crippen molar-refractivity contribution in [3.63, 3.8) is 0 Å². The highest BCUT2D eigenvalue weighted by Crippen LogP contribution is 1.98. The zero-order chi connectivity index (χ0) is 7.49. The van der Waals surface area contributed by atoms with Gasteiger partial charge in [0.25, 0.3) is 0 Å². The molecule has 0 spiro atoms. The van der Waals surface area contributed by atoms with Crippen LogP contribution in [0.4, 0.5) is 0 Å². The topological polar surface area (TPSA) is 60.4 Å².